The van der Waals surface area contributed by atoms with E-state index in [0.29, 0.717) is 11.8 Å². The van der Waals surface area contributed by atoms with E-state index in [1.165, 1.54) is 11.8 Å². The molecule has 0 aromatic heterocycles. The molecule has 0 unspecified atom stereocenters. The standard InChI is InChI=1S/C15H19N3O2S/c1-9-6-10(4-5-16-9)15(20)17-11-2-3-13-12(7-11)18-14(19)8-21-13/h2-3,7,9-10,16H,4-6,8H2,1H3,(H,17,20)(H,18,19)/t9-,10-/m0/s1. The zero-order valence-electron chi connectivity index (χ0n) is 11.9. The van der Waals surface area contributed by atoms with Crippen molar-refractivity contribution >= 4 is 35.0 Å². The molecular weight excluding hydrogens is 286 g/mol. The number of benzene rings is 1. The van der Waals surface area contributed by atoms with Crippen LogP contribution in [0, 0.1) is 5.92 Å². The number of carbonyl (C=O) groups excluding carboxylic acids is 2. The second-order valence-corrected chi connectivity index (χ2v) is 6.63. The fourth-order valence-electron chi connectivity index (χ4n) is 2.78. The second kappa shape index (κ2) is 6.07. The maximum absolute atomic E-state index is 12.3. The molecule has 21 heavy (non-hydrogen) atoms. The van der Waals surface area contributed by atoms with Crippen LogP contribution in [0.3, 0.4) is 0 Å². The molecule has 5 nitrogen and oxygen atoms in total. The predicted molar refractivity (Wildman–Crippen MR) is 84.6 cm³/mol. The summed E-state index contributed by atoms with van der Waals surface area (Å²) < 4.78 is 0. The average Bonchev–Trinajstić information content (AvgIpc) is 2.46. The predicted octanol–water partition coefficient (Wildman–Crippen LogP) is 2.06. The van der Waals surface area contributed by atoms with E-state index < -0.39 is 0 Å². The molecule has 6 heteroatoms. The fraction of sp³-hybridized carbons (Fsp3) is 0.467. The van der Waals surface area contributed by atoms with Gasteiger partial charge in [0.05, 0.1) is 11.4 Å². The van der Waals surface area contributed by atoms with Crippen LogP contribution in [-0.4, -0.2) is 30.2 Å². The summed E-state index contributed by atoms with van der Waals surface area (Å²) in [6.07, 6.45) is 1.73. The third-order valence-corrected chi connectivity index (χ3v) is 4.95. The minimum Gasteiger partial charge on any atom is -0.326 e. The number of nitrogens with one attached hydrogen (secondary N) is 3. The molecule has 2 aliphatic heterocycles. The van der Waals surface area contributed by atoms with E-state index in [1.54, 1.807) is 0 Å². The lowest BCUT2D eigenvalue weighted by Gasteiger charge is -2.27. The Morgan fingerprint density at radius 2 is 2.29 bits per heavy atom. The van der Waals surface area contributed by atoms with Gasteiger partial charge in [-0.3, -0.25) is 9.59 Å². The van der Waals surface area contributed by atoms with Crippen LogP contribution >= 0.6 is 11.8 Å². The van der Waals surface area contributed by atoms with Crippen LogP contribution in [0.15, 0.2) is 23.1 Å². The molecular formula is C15H19N3O2S. The van der Waals surface area contributed by atoms with Gasteiger partial charge >= 0.3 is 0 Å². The molecule has 3 rings (SSSR count). The highest BCUT2D eigenvalue weighted by Crippen LogP contribution is 2.33. The van der Waals surface area contributed by atoms with Crippen LogP contribution in [0.5, 0.6) is 0 Å². The summed E-state index contributed by atoms with van der Waals surface area (Å²) >= 11 is 1.52. The molecule has 1 fully saturated rings. The van der Waals surface area contributed by atoms with E-state index in [-0.39, 0.29) is 17.7 Å². The molecule has 0 spiro atoms. The monoisotopic (exact) mass is 305 g/mol. The molecule has 2 heterocycles. The number of thioether (sulfide) groups is 1. The summed E-state index contributed by atoms with van der Waals surface area (Å²) in [7, 11) is 0. The van der Waals surface area contributed by atoms with Crippen molar-refractivity contribution in [3.05, 3.63) is 18.2 Å². The number of carbonyl (C=O) groups is 2. The Balaban J connectivity index is 1.68. The van der Waals surface area contributed by atoms with Crippen molar-refractivity contribution in [2.75, 3.05) is 22.9 Å². The Labute approximate surface area is 128 Å². The van der Waals surface area contributed by atoms with Gasteiger partial charge in [0, 0.05) is 22.5 Å². The van der Waals surface area contributed by atoms with Crippen LogP contribution in [0.25, 0.3) is 0 Å². The molecule has 1 aromatic carbocycles. The Hall–Kier alpha value is -1.53. The molecule has 0 aliphatic carbocycles. The van der Waals surface area contributed by atoms with E-state index in [9.17, 15) is 9.59 Å². The SMILES string of the molecule is C[C@H]1C[C@@H](C(=O)Nc2ccc3c(c2)NC(=O)CS3)CCN1. The molecule has 1 aromatic rings. The molecule has 2 atom stereocenters. The third kappa shape index (κ3) is 3.39. The maximum Gasteiger partial charge on any atom is 0.234 e. The van der Waals surface area contributed by atoms with Gasteiger partial charge in [0.1, 0.15) is 0 Å². The number of amides is 2. The van der Waals surface area contributed by atoms with Gasteiger partial charge in [0.2, 0.25) is 11.8 Å². The highest BCUT2D eigenvalue weighted by Gasteiger charge is 2.25. The second-order valence-electron chi connectivity index (χ2n) is 5.61. The van der Waals surface area contributed by atoms with Crippen molar-refractivity contribution in [1.29, 1.82) is 0 Å². The van der Waals surface area contributed by atoms with Crippen molar-refractivity contribution in [3.8, 4) is 0 Å². The van der Waals surface area contributed by atoms with Crippen molar-refractivity contribution < 1.29 is 9.59 Å². The first-order valence-electron chi connectivity index (χ1n) is 7.23. The van der Waals surface area contributed by atoms with E-state index in [4.69, 9.17) is 0 Å². The number of rotatable bonds is 2. The number of piperidine rings is 1. The third-order valence-electron chi connectivity index (χ3n) is 3.87. The molecule has 1 saturated heterocycles. The normalized spacial score (nSPS) is 24.9. The fourth-order valence-corrected chi connectivity index (χ4v) is 3.56. The maximum atomic E-state index is 12.3. The van der Waals surface area contributed by atoms with Gasteiger partial charge in [-0.2, -0.15) is 0 Å². The highest BCUT2D eigenvalue weighted by atomic mass is 32.2. The largest absolute Gasteiger partial charge is 0.326 e. The topological polar surface area (TPSA) is 70.2 Å². The number of hydrogen-bond acceptors (Lipinski definition) is 4. The van der Waals surface area contributed by atoms with Gasteiger partial charge in [0.15, 0.2) is 0 Å². The van der Waals surface area contributed by atoms with Gasteiger partial charge in [-0.15, -0.1) is 11.8 Å². The summed E-state index contributed by atoms with van der Waals surface area (Å²) in [6.45, 7) is 2.99. The van der Waals surface area contributed by atoms with Crippen molar-refractivity contribution in [2.45, 2.75) is 30.7 Å². The minimum absolute atomic E-state index is 0.00292. The lowest BCUT2D eigenvalue weighted by atomic mass is 9.92. The Morgan fingerprint density at radius 3 is 3.10 bits per heavy atom. The Morgan fingerprint density at radius 1 is 1.43 bits per heavy atom. The summed E-state index contributed by atoms with van der Waals surface area (Å²) in [6, 6.07) is 6.06. The van der Waals surface area contributed by atoms with E-state index >= 15 is 0 Å². The molecule has 2 amide bonds. The number of hydrogen-bond donors (Lipinski definition) is 3. The molecule has 0 radical (unpaired) electrons. The molecule has 0 bridgehead atoms. The van der Waals surface area contributed by atoms with Crippen LogP contribution in [0.2, 0.25) is 0 Å². The quantitative estimate of drug-likeness (QED) is 0.782. The molecule has 112 valence electrons. The average molecular weight is 305 g/mol. The van der Waals surface area contributed by atoms with E-state index in [1.807, 2.05) is 18.2 Å². The van der Waals surface area contributed by atoms with Crippen LogP contribution in [0.4, 0.5) is 11.4 Å². The summed E-state index contributed by atoms with van der Waals surface area (Å²) in [5.74, 6) is 0.577. The number of anilines is 2. The summed E-state index contributed by atoms with van der Waals surface area (Å²) in [5, 5.41) is 9.16. The first-order chi connectivity index (χ1) is 10.1. The van der Waals surface area contributed by atoms with Gasteiger partial charge < -0.3 is 16.0 Å². The van der Waals surface area contributed by atoms with Crippen molar-refractivity contribution in [3.63, 3.8) is 0 Å². The van der Waals surface area contributed by atoms with Gasteiger partial charge in [0.25, 0.3) is 0 Å². The van der Waals surface area contributed by atoms with Crippen LogP contribution in [0.1, 0.15) is 19.8 Å². The first kappa shape index (κ1) is 14.4. The lowest BCUT2D eigenvalue weighted by molar-refractivity contribution is -0.120. The van der Waals surface area contributed by atoms with Gasteiger partial charge in [-0.25, -0.2) is 0 Å². The first-order valence-corrected chi connectivity index (χ1v) is 8.21. The van der Waals surface area contributed by atoms with E-state index in [0.717, 1.165) is 35.7 Å². The van der Waals surface area contributed by atoms with Crippen LogP contribution in [-0.2, 0) is 9.59 Å². The molecule has 0 saturated carbocycles. The van der Waals surface area contributed by atoms with Crippen LogP contribution < -0.4 is 16.0 Å². The Bertz CT molecular complexity index is 576. The Kier molecular flexibility index (Phi) is 4.17. The zero-order chi connectivity index (χ0) is 14.8. The van der Waals surface area contributed by atoms with Gasteiger partial charge in [-0.1, -0.05) is 0 Å². The summed E-state index contributed by atoms with van der Waals surface area (Å²) in [4.78, 5) is 24.8. The smallest absolute Gasteiger partial charge is 0.234 e. The van der Waals surface area contributed by atoms with Gasteiger partial charge in [-0.05, 0) is 44.5 Å². The highest BCUT2D eigenvalue weighted by molar-refractivity contribution is 8.00. The molecule has 2 aliphatic rings. The van der Waals surface area contributed by atoms with E-state index in [2.05, 4.69) is 22.9 Å². The van der Waals surface area contributed by atoms with Crippen molar-refractivity contribution in [2.24, 2.45) is 5.92 Å². The zero-order valence-corrected chi connectivity index (χ0v) is 12.8. The lowest BCUT2D eigenvalue weighted by Crippen LogP contribution is -2.40. The number of fused-ring (bicyclic) bond motifs is 1. The molecule has 3 N–H and O–H groups in total. The summed E-state index contributed by atoms with van der Waals surface area (Å²) in [5.41, 5.74) is 1.53. The van der Waals surface area contributed by atoms with Crippen molar-refractivity contribution in [1.82, 2.24) is 5.32 Å². The minimum atomic E-state index is 0.00292.